The first-order chi connectivity index (χ1) is 23.6. The van der Waals surface area contributed by atoms with Crippen LogP contribution in [0.25, 0.3) is 6.08 Å². The van der Waals surface area contributed by atoms with Gasteiger partial charge in [-0.1, -0.05) is 209 Å². The third-order valence-corrected chi connectivity index (χ3v) is 10.0. The molecule has 4 N–H and O–H groups in total. The van der Waals surface area contributed by atoms with Gasteiger partial charge in [0.2, 0.25) is 11.8 Å². The van der Waals surface area contributed by atoms with Gasteiger partial charge < -0.3 is 11.5 Å². The Morgan fingerprint density at radius 3 is 0.833 bits per heavy atom. The molecule has 0 radical (unpaired) electrons. The quantitative estimate of drug-likeness (QED) is 0.0692. The van der Waals surface area contributed by atoms with E-state index in [4.69, 9.17) is 11.5 Å². The van der Waals surface area contributed by atoms with Crippen LogP contribution in [0.3, 0.4) is 0 Å². The second-order valence-electron chi connectivity index (χ2n) is 14.8. The summed E-state index contributed by atoms with van der Waals surface area (Å²) in [5.41, 5.74) is 13.4. The van der Waals surface area contributed by atoms with Gasteiger partial charge >= 0.3 is 0 Å². The van der Waals surface area contributed by atoms with E-state index in [1.807, 2.05) is 0 Å². The van der Waals surface area contributed by atoms with Crippen molar-refractivity contribution in [2.45, 2.75) is 218 Å². The molecule has 0 saturated carbocycles. The van der Waals surface area contributed by atoms with Crippen molar-refractivity contribution in [3.8, 4) is 0 Å². The zero-order valence-corrected chi connectivity index (χ0v) is 31.5. The second kappa shape index (κ2) is 34.8. The third kappa shape index (κ3) is 32.4. The standard InChI is InChI=1S/C44H78N2O2/c45-43(47)38-32-25-21-17-13-9-5-1-3-7-11-15-19-23-28-34-41(40-42-36-30-27-31-37-42)35-29-24-20-16-12-8-4-2-6-10-14-18-22-26-33-39-44(46)48/h27,30-31,36-37,40H,1-26,28-29,32-35,38-39H2,(H2,45,47)(H2,46,48). The van der Waals surface area contributed by atoms with Crippen molar-refractivity contribution < 1.29 is 9.59 Å². The minimum Gasteiger partial charge on any atom is -0.370 e. The van der Waals surface area contributed by atoms with Crippen LogP contribution in [0.5, 0.6) is 0 Å². The molecule has 0 aliphatic heterocycles. The molecule has 2 amide bonds. The van der Waals surface area contributed by atoms with E-state index in [1.54, 1.807) is 5.57 Å². The summed E-state index contributed by atoms with van der Waals surface area (Å²) >= 11 is 0. The molecule has 276 valence electrons. The zero-order chi connectivity index (χ0) is 34.6. The average Bonchev–Trinajstić information content (AvgIpc) is 3.07. The van der Waals surface area contributed by atoms with E-state index in [2.05, 4.69) is 36.4 Å². The van der Waals surface area contributed by atoms with Gasteiger partial charge in [-0.15, -0.1) is 0 Å². The van der Waals surface area contributed by atoms with Gasteiger partial charge in [0.25, 0.3) is 0 Å². The number of hydrogen-bond acceptors (Lipinski definition) is 2. The van der Waals surface area contributed by atoms with Crippen LogP contribution in [0.1, 0.15) is 224 Å². The Hall–Kier alpha value is -2.10. The van der Waals surface area contributed by atoms with Crippen LogP contribution < -0.4 is 11.5 Å². The molecule has 0 aliphatic carbocycles. The van der Waals surface area contributed by atoms with E-state index in [0.717, 1.165) is 25.7 Å². The lowest BCUT2D eigenvalue weighted by Crippen LogP contribution is -2.09. The highest BCUT2D eigenvalue weighted by Gasteiger charge is 2.02. The lowest BCUT2D eigenvalue weighted by Gasteiger charge is -2.09. The van der Waals surface area contributed by atoms with Crippen molar-refractivity contribution in [2.24, 2.45) is 11.5 Å². The van der Waals surface area contributed by atoms with Crippen molar-refractivity contribution in [3.63, 3.8) is 0 Å². The summed E-state index contributed by atoms with van der Waals surface area (Å²) in [6.45, 7) is 0. The Balaban J connectivity index is 1.98. The number of unbranched alkanes of at least 4 members (excludes halogenated alkanes) is 28. The van der Waals surface area contributed by atoms with Crippen molar-refractivity contribution in [2.75, 3.05) is 0 Å². The highest BCUT2D eigenvalue weighted by molar-refractivity contribution is 5.73. The predicted molar refractivity (Wildman–Crippen MR) is 210 cm³/mol. The molecule has 1 aromatic carbocycles. The Labute approximate surface area is 298 Å². The molecule has 0 aromatic heterocycles. The monoisotopic (exact) mass is 667 g/mol. The van der Waals surface area contributed by atoms with E-state index >= 15 is 0 Å². The normalized spacial score (nSPS) is 11.2. The molecule has 48 heavy (non-hydrogen) atoms. The van der Waals surface area contributed by atoms with Crippen LogP contribution in [0.15, 0.2) is 35.9 Å². The van der Waals surface area contributed by atoms with Crippen LogP contribution >= 0.6 is 0 Å². The Bertz CT molecular complexity index is 831. The van der Waals surface area contributed by atoms with Gasteiger partial charge in [-0.25, -0.2) is 0 Å². The first kappa shape index (κ1) is 43.9. The molecular formula is C44H78N2O2. The molecule has 0 aliphatic rings. The van der Waals surface area contributed by atoms with Crippen molar-refractivity contribution in [1.29, 1.82) is 0 Å². The first-order valence-corrected chi connectivity index (χ1v) is 20.9. The number of amides is 2. The molecule has 0 spiro atoms. The van der Waals surface area contributed by atoms with Crippen molar-refractivity contribution in [3.05, 3.63) is 41.5 Å². The zero-order valence-electron chi connectivity index (χ0n) is 31.5. The van der Waals surface area contributed by atoms with E-state index in [9.17, 15) is 9.59 Å². The van der Waals surface area contributed by atoms with Gasteiger partial charge in [0.15, 0.2) is 0 Å². The Morgan fingerprint density at radius 2 is 0.583 bits per heavy atom. The maximum atomic E-state index is 10.8. The molecule has 0 saturated heterocycles. The van der Waals surface area contributed by atoms with Crippen LogP contribution in [-0.2, 0) is 9.59 Å². The lowest BCUT2D eigenvalue weighted by atomic mass is 9.97. The number of allylic oxidation sites excluding steroid dienone is 1. The second-order valence-corrected chi connectivity index (χ2v) is 14.8. The summed E-state index contributed by atoms with van der Waals surface area (Å²) in [5.74, 6) is -0.314. The summed E-state index contributed by atoms with van der Waals surface area (Å²) in [4.78, 5) is 21.5. The molecule has 0 unspecified atom stereocenters. The fraction of sp³-hybridized carbons (Fsp3) is 0.773. The molecule has 1 rings (SSSR count). The van der Waals surface area contributed by atoms with Crippen LogP contribution in [0.4, 0.5) is 0 Å². The van der Waals surface area contributed by atoms with Crippen LogP contribution in [0, 0.1) is 0 Å². The summed E-state index contributed by atoms with van der Waals surface area (Å²) in [6.07, 6.45) is 46.1. The van der Waals surface area contributed by atoms with E-state index in [0.29, 0.717) is 12.8 Å². The van der Waals surface area contributed by atoms with Gasteiger partial charge in [0.05, 0.1) is 0 Å². The van der Waals surface area contributed by atoms with Gasteiger partial charge in [-0.3, -0.25) is 9.59 Å². The smallest absolute Gasteiger partial charge is 0.217 e. The molecule has 0 heterocycles. The molecule has 1 aromatic rings. The van der Waals surface area contributed by atoms with Crippen molar-refractivity contribution >= 4 is 17.9 Å². The largest absolute Gasteiger partial charge is 0.370 e. The van der Waals surface area contributed by atoms with E-state index < -0.39 is 0 Å². The molecule has 0 fully saturated rings. The summed E-state index contributed by atoms with van der Waals surface area (Å²) in [5, 5.41) is 0. The fourth-order valence-electron chi connectivity index (χ4n) is 6.95. The Morgan fingerprint density at radius 1 is 0.354 bits per heavy atom. The number of carbonyl (C=O) groups is 2. The highest BCUT2D eigenvalue weighted by atomic mass is 16.1. The summed E-state index contributed by atoms with van der Waals surface area (Å²) in [6, 6.07) is 11.0. The maximum Gasteiger partial charge on any atom is 0.217 e. The molecule has 4 nitrogen and oxygen atoms in total. The molecule has 0 atom stereocenters. The van der Waals surface area contributed by atoms with Crippen LogP contribution in [-0.4, -0.2) is 11.8 Å². The van der Waals surface area contributed by atoms with Gasteiger partial charge in [0, 0.05) is 12.8 Å². The first-order valence-electron chi connectivity index (χ1n) is 20.9. The number of rotatable bonds is 37. The van der Waals surface area contributed by atoms with Gasteiger partial charge in [-0.05, 0) is 44.1 Å². The van der Waals surface area contributed by atoms with Gasteiger partial charge in [-0.2, -0.15) is 0 Å². The van der Waals surface area contributed by atoms with Crippen LogP contribution in [0.2, 0.25) is 0 Å². The van der Waals surface area contributed by atoms with E-state index in [-0.39, 0.29) is 11.8 Å². The summed E-state index contributed by atoms with van der Waals surface area (Å²) in [7, 11) is 0. The molecule has 4 heteroatoms. The number of hydrogen-bond donors (Lipinski definition) is 2. The predicted octanol–water partition coefficient (Wildman–Crippen LogP) is 13.3. The minimum absolute atomic E-state index is 0.157. The topological polar surface area (TPSA) is 86.2 Å². The summed E-state index contributed by atoms with van der Waals surface area (Å²) < 4.78 is 0. The molecular weight excluding hydrogens is 588 g/mol. The molecule has 0 bridgehead atoms. The number of primary amides is 2. The lowest BCUT2D eigenvalue weighted by molar-refractivity contribution is -0.119. The fourth-order valence-corrected chi connectivity index (χ4v) is 6.95. The minimum atomic E-state index is -0.157. The SMILES string of the molecule is NC(=O)CCCCCCCCCCCCCCCCCC(=Cc1ccccc1)CCCCCCCCCCCCCCCCCC(N)=O. The highest BCUT2D eigenvalue weighted by Crippen LogP contribution is 2.22. The van der Waals surface area contributed by atoms with Gasteiger partial charge in [0.1, 0.15) is 0 Å². The van der Waals surface area contributed by atoms with E-state index in [1.165, 1.54) is 185 Å². The number of carbonyl (C=O) groups excluding carboxylic acids is 2. The number of benzene rings is 1. The Kier molecular flexibility index (Phi) is 31.8. The maximum absolute atomic E-state index is 10.8. The third-order valence-electron chi connectivity index (χ3n) is 10.0. The average molecular weight is 667 g/mol. The number of nitrogens with two attached hydrogens (primary N) is 2. The van der Waals surface area contributed by atoms with Crippen molar-refractivity contribution in [1.82, 2.24) is 0 Å².